The van der Waals surface area contributed by atoms with Crippen molar-refractivity contribution in [1.29, 1.82) is 0 Å². The number of rotatable bonds is 5. The Bertz CT molecular complexity index is 563. The SMILES string of the molecule is CCCc1nc(CNC(=O)c2cccc(C)c2)no1. The van der Waals surface area contributed by atoms with Gasteiger partial charge in [0.25, 0.3) is 5.91 Å². The molecule has 0 aliphatic rings. The van der Waals surface area contributed by atoms with Crippen LogP contribution in [0.5, 0.6) is 0 Å². The first-order valence-corrected chi connectivity index (χ1v) is 6.35. The standard InChI is InChI=1S/C14H17N3O2/c1-3-5-13-16-12(17-19-13)9-15-14(18)11-7-4-6-10(2)8-11/h4,6-8H,3,5,9H2,1-2H3,(H,15,18). The summed E-state index contributed by atoms with van der Waals surface area (Å²) >= 11 is 0. The van der Waals surface area contributed by atoms with Gasteiger partial charge in [-0.1, -0.05) is 29.8 Å². The molecule has 100 valence electrons. The third-order valence-corrected chi connectivity index (χ3v) is 2.66. The topological polar surface area (TPSA) is 68.0 Å². The molecule has 0 unspecified atom stereocenters. The Morgan fingerprint density at radius 1 is 1.42 bits per heavy atom. The summed E-state index contributed by atoms with van der Waals surface area (Å²) in [5.41, 5.74) is 1.69. The Labute approximate surface area is 112 Å². The predicted octanol–water partition coefficient (Wildman–Crippen LogP) is 2.26. The van der Waals surface area contributed by atoms with Crippen molar-refractivity contribution in [3.05, 3.63) is 47.1 Å². The predicted molar refractivity (Wildman–Crippen MR) is 70.6 cm³/mol. The van der Waals surface area contributed by atoms with Crippen LogP contribution < -0.4 is 5.32 Å². The largest absolute Gasteiger partial charge is 0.345 e. The Morgan fingerprint density at radius 2 is 2.26 bits per heavy atom. The molecule has 0 fully saturated rings. The summed E-state index contributed by atoms with van der Waals surface area (Å²) in [5.74, 6) is 0.984. The molecule has 0 saturated carbocycles. The minimum absolute atomic E-state index is 0.134. The van der Waals surface area contributed by atoms with Crippen LogP contribution in [0.4, 0.5) is 0 Å². The van der Waals surface area contributed by atoms with Crippen molar-refractivity contribution < 1.29 is 9.32 Å². The lowest BCUT2D eigenvalue weighted by atomic mass is 10.1. The van der Waals surface area contributed by atoms with Crippen LogP contribution in [-0.2, 0) is 13.0 Å². The summed E-state index contributed by atoms with van der Waals surface area (Å²) in [6.45, 7) is 4.27. The third kappa shape index (κ3) is 3.64. The van der Waals surface area contributed by atoms with Gasteiger partial charge in [0.2, 0.25) is 5.89 Å². The molecule has 5 nitrogen and oxygen atoms in total. The maximum Gasteiger partial charge on any atom is 0.251 e. The highest BCUT2D eigenvalue weighted by molar-refractivity contribution is 5.94. The zero-order chi connectivity index (χ0) is 13.7. The van der Waals surface area contributed by atoms with Crippen LogP contribution in [0.2, 0.25) is 0 Å². The van der Waals surface area contributed by atoms with Gasteiger partial charge in [-0.3, -0.25) is 4.79 Å². The van der Waals surface area contributed by atoms with Crippen molar-refractivity contribution in [2.45, 2.75) is 33.2 Å². The Balaban J connectivity index is 1.92. The van der Waals surface area contributed by atoms with Gasteiger partial charge < -0.3 is 9.84 Å². The fourth-order valence-corrected chi connectivity index (χ4v) is 1.73. The molecule has 0 aliphatic carbocycles. The van der Waals surface area contributed by atoms with E-state index in [1.54, 1.807) is 6.07 Å². The number of nitrogens with zero attached hydrogens (tertiary/aromatic N) is 2. The number of benzene rings is 1. The smallest absolute Gasteiger partial charge is 0.251 e. The first-order chi connectivity index (χ1) is 9.19. The fourth-order valence-electron chi connectivity index (χ4n) is 1.73. The molecule has 0 saturated heterocycles. The maximum atomic E-state index is 11.9. The van der Waals surface area contributed by atoms with Gasteiger partial charge in [-0.05, 0) is 25.5 Å². The molecule has 2 rings (SSSR count). The van der Waals surface area contributed by atoms with Crippen LogP contribution in [-0.4, -0.2) is 16.0 Å². The van der Waals surface area contributed by atoms with Crippen LogP contribution in [0.25, 0.3) is 0 Å². The number of hydrogen-bond acceptors (Lipinski definition) is 4. The van der Waals surface area contributed by atoms with Gasteiger partial charge in [-0.25, -0.2) is 0 Å². The van der Waals surface area contributed by atoms with Crippen LogP contribution in [0, 0.1) is 6.92 Å². The molecule has 1 aromatic heterocycles. The Hall–Kier alpha value is -2.17. The van der Waals surface area contributed by atoms with Gasteiger partial charge >= 0.3 is 0 Å². The normalized spacial score (nSPS) is 10.4. The van der Waals surface area contributed by atoms with E-state index in [2.05, 4.69) is 15.5 Å². The zero-order valence-electron chi connectivity index (χ0n) is 11.1. The van der Waals surface area contributed by atoms with Crippen LogP contribution >= 0.6 is 0 Å². The first kappa shape index (κ1) is 13.3. The number of carbonyl (C=O) groups excluding carboxylic acids is 1. The molecule has 5 heteroatoms. The van der Waals surface area contributed by atoms with E-state index in [0.717, 1.165) is 18.4 Å². The summed E-state index contributed by atoms with van der Waals surface area (Å²) in [5, 5.41) is 6.59. The second-order valence-corrected chi connectivity index (χ2v) is 4.41. The highest BCUT2D eigenvalue weighted by Crippen LogP contribution is 2.04. The molecule has 0 aliphatic heterocycles. The van der Waals surface area contributed by atoms with E-state index in [4.69, 9.17) is 4.52 Å². The Kier molecular flexibility index (Phi) is 4.28. The van der Waals surface area contributed by atoms with Crippen LogP contribution in [0.1, 0.15) is 41.0 Å². The zero-order valence-corrected chi connectivity index (χ0v) is 11.1. The van der Waals surface area contributed by atoms with Crippen molar-refractivity contribution in [2.24, 2.45) is 0 Å². The number of amides is 1. The van der Waals surface area contributed by atoms with Crippen molar-refractivity contribution in [1.82, 2.24) is 15.5 Å². The molecule has 19 heavy (non-hydrogen) atoms. The van der Waals surface area contributed by atoms with Gasteiger partial charge in [0, 0.05) is 12.0 Å². The van der Waals surface area contributed by atoms with Crippen molar-refractivity contribution in [3.63, 3.8) is 0 Å². The minimum atomic E-state index is -0.134. The number of aromatic nitrogens is 2. The molecule has 2 aromatic rings. The van der Waals surface area contributed by atoms with E-state index >= 15 is 0 Å². The first-order valence-electron chi connectivity index (χ1n) is 6.35. The lowest BCUT2D eigenvalue weighted by molar-refractivity contribution is 0.0949. The van der Waals surface area contributed by atoms with E-state index in [9.17, 15) is 4.79 Å². The molecular weight excluding hydrogens is 242 g/mol. The summed E-state index contributed by atoms with van der Waals surface area (Å²) in [6, 6.07) is 7.43. The average Bonchev–Trinajstić information content (AvgIpc) is 2.84. The number of hydrogen-bond donors (Lipinski definition) is 1. The second kappa shape index (κ2) is 6.13. The van der Waals surface area contributed by atoms with Crippen molar-refractivity contribution in [2.75, 3.05) is 0 Å². The molecule has 0 spiro atoms. The van der Waals surface area contributed by atoms with E-state index < -0.39 is 0 Å². The molecule has 1 N–H and O–H groups in total. The van der Waals surface area contributed by atoms with Gasteiger partial charge in [0.1, 0.15) is 0 Å². The quantitative estimate of drug-likeness (QED) is 0.894. The van der Waals surface area contributed by atoms with Crippen LogP contribution in [0.3, 0.4) is 0 Å². The molecule has 0 radical (unpaired) electrons. The van der Waals surface area contributed by atoms with Gasteiger partial charge in [0.05, 0.1) is 6.54 Å². The maximum absolute atomic E-state index is 11.9. The number of aryl methyl sites for hydroxylation is 2. The van der Waals surface area contributed by atoms with E-state index in [1.807, 2.05) is 32.0 Å². The summed E-state index contributed by atoms with van der Waals surface area (Å²) in [7, 11) is 0. The monoisotopic (exact) mass is 259 g/mol. The highest BCUT2D eigenvalue weighted by Gasteiger charge is 2.09. The molecule has 1 aromatic carbocycles. The van der Waals surface area contributed by atoms with Crippen molar-refractivity contribution >= 4 is 5.91 Å². The molecule has 0 atom stereocenters. The molecule has 1 amide bonds. The highest BCUT2D eigenvalue weighted by atomic mass is 16.5. The van der Waals surface area contributed by atoms with Gasteiger partial charge in [0.15, 0.2) is 5.82 Å². The second-order valence-electron chi connectivity index (χ2n) is 4.41. The van der Waals surface area contributed by atoms with E-state index in [1.165, 1.54) is 0 Å². The Morgan fingerprint density at radius 3 is 3.00 bits per heavy atom. The minimum Gasteiger partial charge on any atom is -0.345 e. The van der Waals surface area contributed by atoms with Gasteiger partial charge in [-0.2, -0.15) is 4.98 Å². The molecular formula is C14H17N3O2. The number of nitrogens with one attached hydrogen (secondary N) is 1. The third-order valence-electron chi connectivity index (χ3n) is 2.66. The van der Waals surface area contributed by atoms with Crippen molar-refractivity contribution in [3.8, 4) is 0 Å². The lowest BCUT2D eigenvalue weighted by Gasteiger charge is -2.03. The van der Waals surface area contributed by atoms with Gasteiger partial charge in [-0.15, -0.1) is 0 Å². The van der Waals surface area contributed by atoms with E-state index in [-0.39, 0.29) is 12.5 Å². The van der Waals surface area contributed by atoms with Crippen LogP contribution in [0.15, 0.2) is 28.8 Å². The number of carbonyl (C=O) groups is 1. The fraction of sp³-hybridized carbons (Fsp3) is 0.357. The average molecular weight is 259 g/mol. The van der Waals surface area contributed by atoms with E-state index in [0.29, 0.717) is 17.3 Å². The summed E-state index contributed by atoms with van der Waals surface area (Å²) < 4.78 is 5.05. The summed E-state index contributed by atoms with van der Waals surface area (Å²) in [4.78, 5) is 16.1. The molecule has 0 bridgehead atoms. The lowest BCUT2D eigenvalue weighted by Crippen LogP contribution is -2.23. The molecule has 1 heterocycles. The summed E-state index contributed by atoms with van der Waals surface area (Å²) in [6.07, 6.45) is 1.72.